The standard InChI is InChI=1S/C31H31N5O2/c1-3-11-36-12-9-23(18-36)27-14-24(13-25-17-32-19-34-30(25)27)21-6-7-26(28(15-21)38-2)31(37)35-29-16-22(8-10-33-29)20-4-5-20/h3,6-8,10-11,13-17,19-20,23H,4-5,9,12,18H2,1-2H3,(H,33,35,37). The fourth-order valence-electron chi connectivity index (χ4n) is 5.43. The van der Waals surface area contributed by atoms with Gasteiger partial charge in [0.05, 0.1) is 18.2 Å². The molecule has 2 fully saturated rings. The fourth-order valence-corrected chi connectivity index (χ4v) is 5.43. The summed E-state index contributed by atoms with van der Waals surface area (Å²) in [6, 6.07) is 14.1. The van der Waals surface area contributed by atoms with Crippen molar-refractivity contribution in [2.75, 3.05) is 25.5 Å². The number of fused-ring (bicyclic) bond motifs is 1. The number of hydrogen-bond acceptors (Lipinski definition) is 6. The summed E-state index contributed by atoms with van der Waals surface area (Å²) in [4.78, 5) is 28.8. The molecule has 7 heteroatoms. The van der Waals surface area contributed by atoms with Gasteiger partial charge in [0.2, 0.25) is 0 Å². The van der Waals surface area contributed by atoms with E-state index in [-0.39, 0.29) is 5.91 Å². The minimum atomic E-state index is -0.239. The second-order valence-electron chi connectivity index (χ2n) is 10.1. The van der Waals surface area contributed by atoms with Crippen LogP contribution in [0.15, 0.2) is 73.5 Å². The third-order valence-corrected chi connectivity index (χ3v) is 7.51. The van der Waals surface area contributed by atoms with Crippen molar-refractivity contribution in [2.24, 2.45) is 0 Å². The third kappa shape index (κ3) is 4.84. The monoisotopic (exact) mass is 505 g/mol. The van der Waals surface area contributed by atoms with E-state index < -0.39 is 0 Å². The van der Waals surface area contributed by atoms with E-state index in [1.54, 1.807) is 19.6 Å². The van der Waals surface area contributed by atoms with Crippen LogP contribution in [0.5, 0.6) is 5.75 Å². The quantitative estimate of drug-likeness (QED) is 0.324. The Kier molecular flexibility index (Phi) is 6.50. The number of nitrogens with zero attached hydrogens (tertiary/aromatic N) is 4. The zero-order valence-corrected chi connectivity index (χ0v) is 21.7. The molecule has 3 heterocycles. The summed E-state index contributed by atoms with van der Waals surface area (Å²) >= 11 is 0. The highest BCUT2D eigenvalue weighted by atomic mass is 16.5. The summed E-state index contributed by atoms with van der Waals surface area (Å²) in [5.41, 5.74) is 5.95. The van der Waals surface area contributed by atoms with Gasteiger partial charge in [-0.05, 0) is 97.0 Å². The number of nitrogens with one attached hydrogen (secondary N) is 1. The van der Waals surface area contributed by atoms with Crippen LogP contribution >= 0.6 is 0 Å². The summed E-state index contributed by atoms with van der Waals surface area (Å²) in [7, 11) is 1.59. The van der Waals surface area contributed by atoms with Crippen molar-refractivity contribution in [3.8, 4) is 16.9 Å². The number of carbonyl (C=O) groups is 1. The summed E-state index contributed by atoms with van der Waals surface area (Å²) < 4.78 is 5.68. The van der Waals surface area contributed by atoms with Crippen molar-refractivity contribution in [3.05, 3.63) is 90.2 Å². The first-order valence-corrected chi connectivity index (χ1v) is 13.2. The molecule has 1 aliphatic carbocycles. The minimum absolute atomic E-state index is 0.239. The van der Waals surface area contributed by atoms with Gasteiger partial charge in [-0.1, -0.05) is 12.1 Å². The molecule has 1 aliphatic heterocycles. The molecule has 6 rings (SSSR count). The highest BCUT2D eigenvalue weighted by Gasteiger charge is 2.26. The number of ether oxygens (including phenoxy) is 1. The Hall–Kier alpha value is -4.26. The normalized spacial score (nSPS) is 17.3. The summed E-state index contributed by atoms with van der Waals surface area (Å²) in [5.74, 6) is 1.82. The number of likely N-dealkylation sites (tertiary alicyclic amines) is 1. The molecule has 38 heavy (non-hydrogen) atoms. The molecule has 4 aromatic rings. The number of hydrogen-bond donors (Lipinski definition) is 1. The number of amides is 1. The van der Waals surface area contributed by atoms with Crippen LogP contribution in [0, 0.1) is 0 Å². The van der Waals surface area contributed by atoms with Gasteiger partial charge in [0, 0.05) is 36.8 Å². The van der Waals surface area contributed by atoms with E-state index in [1.165, 1.54) is 24.0 Å². The van der Waals surface area contributed by atoms with Crippen LogP contribution in [-0.2, 0) is 0 Å². The highest BCUT2D eigenvalue weighted by molar-refractivity contribution is 6.06. The fraction of sp³-hybridized carbons (Fsp3) is 0.290. The van der Waals surface area contributed by atoms with E-state index >= 15 is 0 Å². The van der Waals surface area contributed by atoms with Gasteiger partial charge < -0.3 is 15.0 Å². The number of pyridine rings is 1. The molecule has 2 aliphatic rings. The topological polar surface area (TPSA) is 80.2 Å². The molecule has 192 valence electrons. The van der Waals surface area contributed by atoms with E-state index in [9.17, 15) is 4.79 Å². The maximum atomic E-state index is 13.2. The van der Waals surface area contributed by atoms with Gasteiger partial charge in [-0.3, -0.25) is 4.79 Å². The molecule has 1 saturated heterocycles. The van der Waals surface area contributed by atoms with Crippen molar-refractivity contribution in [2.45, 2.75) is 38.0 Å². The van der Waals surface area contributed by atoms with E-state index in [0.717, 1.165) is 41.5 Å². The van der Waals surface area contributed by atoms with Crippen LogP contribution in [0.3, 0.4) is 0 Å². The van der Waals surface area contributed by atoms with Crippen molar-refractivity contribution in [1.82, 2.24) is 19.9 Å². The van der Waals surface area contributed by atoms with Crippen molar-refractivity contribution >= 4 is 22.6 Å². The predicted octanol–water partition coefficient (Wildman–Crippen LogP) is 6.15. The summed E-state index contributed by atoms with van der Waals surface area (Å²) in [5, 5.41) is 3.95. The number of rotatable bonds is 7. The number of benzene rings is 2. The van der Waals surface area contributed by atoms with E-state index in [0.29, 0.717) is 29.0 Å². The molecule has 1 saturated carbocycles. The van der Waals surface area contributed by atoms with Gasteiger partial charge >= 0.3 is 0 Å². The molecule has 2 aromatic carbocycles. The van der Waals surface area contributed by atoms with Crippen LogP contribution in [0.1, 0.15) is 59.5 Å². The van der Waals surface area contributed by atoms with Gasteiger partial charge in [-0.15, -0.1) is 0 Å². The average molecular weight is 506 g/mol. The molecule has 1 unspecified atom stereocenters. The van der Waals surface area contributed by atoms with E-state index in [4.69, 9.17) is 4.74 Å². The minimum Gasteiger partial charge on any atom is -0.496 e. The molecule has 0 bridgehead atoms. The van der Waals surface area contributed by atoms with Crippen LogP contribution in [0.4, 0.5) is 5.82 Å². The van der Waals surface area contributed by atoms with Crippen LogP contribution in [0.2, 0.25) is 0 Å². The molecule has 1 amide bonds. The summed E-state index contributed by atoms with van der Waals surface area (Å²) in [6.45, 7) is 4.04. The molecule has 1 atom stereocenters. The Labute approximate surface area is 222 Å². The Morgan fingerprint density at radius 2 is 1.95 bits per heavy atom. The van der Waals surface area contributed by atoms with Crippen LogP contribution < -0.4 is 10.1 Å². The Morgan fingerprint density at radius 3 is 2.76 bits per heavy atom. The Bertz CT molecular complexity index is 1530. The molecular formula is C31H31N5O2. The lowest BCUT2D eigenvalue weighted by molar-refractivity contribution is 0.102. The van der Waals surface area contributed by atoms with Crippen molar-refractivity contribution in [3.63, 3.8) is 0 Å². The van der Waals surface area contributed by atoms with Crippen molar-refractivity contribution in [1.29, 1.82) is 0 Å². The van der Waals surface area contributed by atoms with Crippen LogP contribution in [-0.4, -0.2) is 46.0 Å². The molecule has 0 spiro atoms. The second-order valence-corrected chi connectivity index (χ2v) is 10.1. The van der Waals surface area contributed by atoms with Gasteiger partial charge in [-0.25, -0.2) is 15.0 Å². The largest absolute Gasteiger partial charge is 0.496 e. The Morgan fingerprint density at radius 1 is 1.05 bits per heavy atom. The lowest BCUT2D eigenvalue weighted by atomic mass is 9.91. The number of allylic oxidation sites excluding steroid dienone is 1. The van der Waals surface area contributed by atoms with Gasteiger partial charge in [-0.2, -0.15) is 0 Å². The van der Waals surface area contributed by atoms with E-state index in [2.05, 4.69) is 56.5 Å². The third-order valence-electron chi connectivity index (χ3n) is 7.51. The first-order chi connectivity index (χ1) is 18.6. The zero-order chi connectivity index (χ0) is 26.1. The first-order valence-electron chi connectivity index (χ1n) is 13.2. The lowest BCUT2D eigenvalue weighted by Crippen LogP contribution is -2.14. The highest BCUT2D eigenvalue weighted by Crippen LogP contribution is 2.40. The first kappa shape index (κ1) is 24.1. The maximum Gasteiger partial charge on any atom is 0.260 e. The Balaban J connectivity index is 1.31. The molecule has 1 N–H and O–H groups in total. The van der Waals surface area contributed by atoms with Crippen molar-refractivity contribution < 1.29 is 9.53 Å². The molecule has 7 nitrogen and oxygen atoms in total. The zero-order valence-electron chi connectivity index (χ0n) is 21.7. The van der Waals surface area contributed by atoms with Gasteiger partial charge in [0.25, 0.3) is 5.91 Å². The molecule has 0 radical (unpaired) electrons. The molecule has 2 aromatic heterocycles. The van der Waals surface area contributed by atoms with Crippen LogP contribution in [0.25, 0.3) is 22.0 Å². The second kappa shape index (κ2) is 10.2. The van der Waals surface area contributed by atoms with Gasteiger partial charge in [0.1, 0.15) is 17.9 Å². The molecular weight excluding hydrogens is 474 g/mol. The number of methoxy groups -OCH3 is 1. The lowest BCUT2D eigenvalue weighted by Gasteiger charge is -2.17. The van der Waals surface area contributed by atoms with E-state index in [1.807, 2.05) is 36.5 Å². The smallest absolute Gasteiger partial charge is 0.260 e. The number of aromatic nitrogens is 3. The number of anilines is 1. The average Bonchev–Trinajstić information content (AvgIpc) is 3.71. The SMILES string of the molecule is CC=CN1CCC(c2cc(-c3ccc(C(=O)Nc4cc(C5CC5)ccn4)c(OC)c3)cc3cncnc23)C1. The van der Waals surface area contributed by atoms with Gasteiger partial charge in [0.15, 0.2) is 0 Å². The number of carbonyl (C=O) groups excluding carboxylic acids is 1. The summed E-state index contributed by atoms with van der Waals surface area (Å²) in [6.07, 6.45) is 13.0. The predicted molar refractivity (Wildman–Crippen MR) is 149 cm³/mol. The maximum absolute atomic E-state index is 13.2.